The molecule has 0 bridgehead atoms. The minimum absolute atomic E-state index is 0.0843. The monoisotopic (exact) mass is 299 g/mol. The maximum absolute atomic E-state index is 5.59. The van der Waals surface area contributed by atoms with Crippen LogP contribution < -0.4 is 14.8 Å². The highest BCUT2D eigenvalue weighted by atomic mass is 16.5. The van der Waals surface area contributed by atoms with E-state index < -0.39 is 0 Å². The molecular formula is C17H21N3O2. The van der Waals surface area contributed by atoms with Crippen LogP contribution in [-0.4, -0.2) is 23.2 Å². The Morgan fingerprint density at radius 1 is 1.27 bits per heavy atom. The minimum atomic E-state index is 0.0843. The molecule has 1 aliphatic rings. The van der Waals surface area contributed by atoms with Gasteiger partial charge in [0.05, 0.1) is 31.6 Å². The van der Waals surface area contributed by atoms with Crippen LogP contribution in [0.1, 0.15) is 37.4 Å². The van der Waals surface area contributed by atoms with Crippen molar-refractivity contribution in [1.29, 1.82) is 0 Å². The number of hydrogen-bond acceptors (Lipinski definition) is 5. The van der Waals surface area contributed by atoms with Crippen molar-refractivity contribution in [2.24, 2.45) is 0 Å². The molecule has 0 saturated carbocycles. The van der Waals surface area contributed by atoms with Crippen molar-refractivity contribution in [1.82, 2.24) is 9.97 Å². The van der Waals surface area contributed by atoms with Crippen LogP contribution in [0.2, 0.25) is 0 Å². The molecule has 22 heavy (non-hydrogen) atoms. The summed E-state index contributed by atoms with van der Waals surface area (Å²) >= 11 is 0. The third-order valence-corrected chi connectivity index (χ3v) is 3.74. The van der Waals surface area contributed by atoms with Gasteiger partial charge in [-0.25, -0.2) is 0 Å². The Bertz CT molecular complexity index is 658. The maximum Gasteiger partial charge on any atom is 0.234 e. The quantitative estimate of drug-likeness (QED) is 0.917. The molecule has 1 heterocycles. The van der Waals surface area contributed by atoms with E-state index in [1.54, 1.807) is 19.5 Å². The molecule has 2 aromatic rings. The summed E-state index contributed by atoms with van der Waals surface area (Å²) in [5.41, 5.74) is 2.56. The van der Waals surface area contributed by atoms with Crippen molar-refractivity contribution in [2.75, 3.05) is 12.4 Å². The lowest BCUT2D eigenvalue weighted by molar-refractivity contribution is 0.232. The molecule has 1 aromatic heterocycles. The summed E-state index contributed by atoms with van der Waals surface area (Å²) in [6.07, 6.45) is 5.47. The summed E-state index contributed by atoms with van der Waals surface area (Å²) in [6.45, 7) is 3.95. The number of ether oxygens (including phenoxy) is 2. The van der Waals surface area contributed by atoms with E-state index in [1.807, 2.05) is 26.0 Å². The Hall–Kier alpha value is -2.30. The van der Waals surface area contributed by atoms with Crippen LogP contribution in [0.4, 0.5) is 5.82 Å². The van der Waals surface area contributed by atoms with Gasteiger partial charge in [-0.1, -0.05) is 12.1 Å². The van der Waals surface area contributed by atoms with Crippen LogP contribution in [0.15, 0.2) is 30.6 Å². The second-order valence-electron chi connectivity index (χ2n) is 5.67. The zero-order valence-electron chi connectivity index (χ0n) is 13.2. The number of rotatable bonds is 5. The van der Waals surface area contributed by atoms with Crippen LogP contribution in [-0.2, 0) is 6.42 Å². The van der Waals surface area contributed by atoms with E-state index in [0.29, 0.717) is 5.88 Å². The number of benzene rings is 1. The molecule has 0 amide bonds. The van der Waals surface area contributed by atoms with Crippen LogP contribution in [0.5, 0.6) is 11.6 Å². The molecule has 0 saturated heterocycles. The number of nitrogens with one attached hydrogen (secondary N) is 1. The van der Waals surface area contributed by atoms with Gasteiger partial charge in [0.2, 0.25) is 5.88 Å². The van der Waals surface area contributed by atoms with Gasteiger partial charge >= 0.3 is 0 Å². The first kappa shape index (κ1) is 14.6. The molecule has 1 unspecified atom stereocenters. The fourth-order valence-electron chi connectivity index (χ4n) is 2.86. The number of aromatic nitrogens is 2. The molecule has 116 valence electrons. The van der Waals surface area contributed by atoms with Gasteiger partial charge in [0, 0.05) is 0 Å². The lowest BCUT2D eigenvalue weighted by Gasteiger charge is -2.16. The summed E-state index contributed by atoms with van der Waals surface area (Å²) in [5, 5.41) is 3.45. The van der Waals surface area contributed by atoms with Crippen molar-refractivity contribution >= 4 is 5.82 Å². The first-order valence-electron chi connectivity index (χ1n) is 7.58. The van der Waals surface area contributed by atoms with Crippen molar-refractivity contribution in [3.8, 4) is 11.6 Å². The normalized spacial score (nSPS) is 16.5. The molecule has 0 radical (unpaired) electrons. The smallest absolute Gasteiger partial charge is 0.234 e. The second-order valence-corrected chi connectivity index (χ2v) is 5.67. The molecule has 3 rings (SSSR count). The molecule has 1 aliphatic carbocycles. The van der Waals surface area contributed by atoms with Crippen molar-refractivity contribution in [3.63, 3.8) is 0 Å². The molecule has 0 spiro atoms. The van der Waals surface area contributed by atoms with Crippen molar-refractivity contribution in [2.45, 2.75) is 38.8 Å². The first-order valence-corrected chi connectivity index (χ1v) is 7.58. The summed E-state index contributed by atoms with van der Waals surface area (Å²) < 4.78 is 11.0. The average molecular weight is 299 g/mol. The second kappa shape index (κ2) is 6.22. The van der Waals surface area contributed by atoms with Gasteiger partial charge < -0.3 is 14.8 Å². The number of hydrogen-bond donors (Lipinski definition) is 1. The standard InChI is InChI=1S/C17H21N3O2/c1-11(2)22-17-10-18-9-16(20-17)19-14-8-7-13-12(14)5-4-6-15(13)21-3/h4-6,9-11,14H,7-8H2,1-3H3,(H,19,20). The maximum atomic E-state index is 5.59. The average Bonchev–Trinajstić information content (AvgIpc) is 2.90. The van der Waals surface area contributed by atoms with E-state index in [1.165, 1.54) is 11.1 Å². The van der Waals surface area contributed by atoms with Gasteiger partial charge in [-0.2, -0.15) is 4.98 Å². The zero-order valence-corrected chi connectivity index (χ0v) is 13.2. The van der Waals surface area contributed by atoms with Gasteiger partial charge in [0.1, 0.15) is 11.6 Å². The Balaban J connectivity index is 1.79. The van der Waals surface area contributed by atoms with E-state index in [-0.39, 0.29) is 12.1 Å². The Kier molecular flexibility index (Phi) is 4.13. The third-order valence-electron chi connectivity index (χ3n) is 3.74. The Labute approximate surface area is 130 Å². The number of anilines is 1. The van der Waals surface area contributed by atoms with E-state index in [2.05, 4.69) is 21.4 Å². The van der Waals surface area contributed by atoms with E-state index in [9.17, 15) is 0 Å². The van der Waals surface area contributed by atoms with Gasteiger partial charge in [0.25, 0.3) is 0 Å². The van der Waals surface area contributed by atoms with Gasteiger partial charge in [0.15, 0.2) is 0 Å². The van der Waals surface area contributed by atoms with Gasteiger partial charge in [-0.15, -0.1) is 0 Å². The highest BCUT2D eigenvalue weighted by molar-refractivity contribution is 5.49. The number of fused-ring (bicyclic) bond motifs is 1. The Morgan fingerprint density at radius 2 is 2.14 bits per heavy atom. The number of methoxy groups -OCH3 is 1. The lowest BCUT2D eigenvalue weighted by atomic mass is 10.1. The van der Waals surface area contributed by atoms with Crippen molar-refractivity contribution < 1.29 is 9.47 Å². The predicted molar refractivity (Wildman–Crippen MR) is 85.5 cm³/mol. The summed E-state index contributed by atoms with van der Waals surface area (Å²) in [6, 6.07) is 6.41. The Morgan fingerprint density at radius 3 is 2.91 bits per heavy atom. The summed E-state index contributed by atoms with van der Waals surface area (Å²) in [4.78, 5) is 8.66. The van der Waals surface area contributed by atoms with Crippen LogP contribution in [0.3, 0.4) is 0 Å². The topological polar surface area (TPSA) is 56.3 Å². The highest BCUT2D eigenvalue weighted by Gasteiger charge is 2.25. The van der Waals surface area contributed by atoms with E-state index >= 15 is 0 Å². The minimum Gasteiger partial charge on any atom is -0.496 e. The summed E-state index contributed by atoms with van der Waals surface area (Å²) in [7, 11) is 1.72. The largest absolute Gasteiger partial charge is 0.496 e. The summed E-state index contributed by atoms with van der Waals surface area (Å²) in [5.74, 6) is 2.24. The molecule has 5 nitrogen and oxygen atoms in total. The van der Waals surface area contributed by atoms with Gasteiger partial charge in [-0.3, -0.25) is 4.98 Å². The number of nitrogens with zero attached hydrogens (tertiary/aromatic N) is 2. The molecular weight excluding hydrogens is 278 g/mol. The predicted octanol–water partition coefficient (Wildman–Crippen LogP) is 3.37. The fourth-order valence-corrected chi connectivity index (χ4v) is 2.86. The first-order chi connectivity index (χ1) is 10.7. The van der Waals surface area contributed by atoms with Crippen LogP contribution in [0.25, 0.3) is 0 Å². The lowest BCUT2D eigenvalue weighted by Crippen LogP contribution is -2.11. The molecule has 5 heteroatoms. The molecule has 0 aliphatic heterocycles. The van der Waals surface area contributed by atoms with Crippen LogP contribution >= 0.6 is 0 Å². The fraction of sp³-hybridized carbons (Fsp3) is 0.412. The van der Waals surface area contributed by atoms with Crippen LogP contribution in [0, 0.1) is 0 Å². The third kappa shape index (κ3) is 2.98. The van der Waals surface area contributed by atoms with Gasteiger partial charge in [-0.05, 0) is 43.9 Å². The molecule has 1 atom stereocenters. The molecule has 0 fully saturated rings. The highest BCUT2D eigenvalue weighted by Crippen LogP contribution is 2.38. The molecule has 1 N–H and O–H groups in total. The van der Waals surface area contributed by atoms with E-state index in [4.69, 9.17) is 9.47 Å². The molecule has 1 aromatic carbocycles. The zero-order chi connectivity index (χ0) is 15.5. The van der Waals surface area contributed by atoms with E-state index in [0.717, 1.165) is 24.4 Å². The SMILES string of the molecule is COc1cccc2c1CCC2Nc1cncc(OC(C)C)n1. The van der Waals surface area contributed by atoms with Crippen molar-refractivity contribution in [3.05, 3.63) is 41.7 Å².